The summed E-state index contributed by atoms with van der Waals surface area (Å²) in [6.45, 7) is 7.63. The highest BCUT2D eigenvalue weighted by molar-refractivity contribution is 6.22. The molecule has 0 aromatic heterocycles. The van der Waals surface area contributed by atoms with Crippen LogP contribution >= 0.6 is 0 Å². The number of rotatable bonds is 3. The van der Waals surface area contributed by atoms with E-state index in [0.29, 0.717) is 77.1 Å². The van der Waals surface area contributed by atoms with Gasteiger partial charge in [0.15, 0.2) is 0 Å². The Hall–Kier alpha value is -2.33. The molecule has 1 aromatic carbocycles. The third kappa shape index (κ3) is 5.92. The van der Waals surface area contributed by atoms with Crippen molar-refractivity contribution in [1.29, 1.82) is 0 Å². The van der Waals surface area contributed by atoms with Gasteiger partial charge in [-0.05, 0) is 18.1 Å². The van der Waals surface area contributed by atoms with Crippen LogP contribution in [-0.2, 0) is 23.7 Å². The molecule has 0 bridgehead atoms. The highest BCUT2D eigenvalue weighted by atomic mass is 16.6. The number of hydrogen-bond donors (Lipinski definition) is 0. The lowest BCUT2D eigenvalue weighted by atomic mass is 10.0. The van der Waals surface area contributed by atoms with E-state index in [1.807, 2.05) is 13.8 Å². The molecule has 1 fully saturated rings. The molecule has 0 radical (unpaired) electrons. The summed E-state index contributed by atoms with van der Waals surface area (Å²) in [6, 6.07) is 5.76. The van der Waals surface area contributed by atoms with Gasteiger partial charge >= 0.3 is 0 Å². The van der Waals surface area contributed by atoms with Crippen LogP contribution in [0.1, 0.15) is 34.6 Å². The molecule has 9 nitrogen and oxygen atoms in total. The van der Waals surface area contributed by atoms with E-state index < -0.39 is 17.9 Å². The molecule has 176 valence electrons. The highest BCUT2D eigenvalue weighted by Crippen LogP contribution is 2.28. The Balaban J connectivity index is 1.73. The van der Waals surface area contributed by atoms with Gasteiger partial charge in [-0.15, -0.1) is 0 Å². The third-order valence-electron chi connectivity index (χ3n) is 5.43. The van der Waals surface area contributed by atoms with E-state index in [2.05, 4.69) is 0 Å². The maximum atomic E-state index is 13.6. The molecule has 2 aliphatic rings. The van der Waals surface area contributed by atoms with Crippen molar-refractivity contribution >= 4 is 17.7 Å². The maximum absolute atomic E-state index is 13.6. The summed E-state index contributed by atoms with van der Waals surface area (Å²) < 4.78 is 22.0. The lowest BCUT2D eigenvalue weighted by Gasteiger charge is -2.33. The lowest BCUT2D eigenvalue weighted by Crippen LogP contribution is -2.54. The summed E-state index contributed by atoms with van der Waals surface area (Å²) in [5, 5.41) is 0. The van der Waals surface area contributed by atoms with Crippen LogP contribution in [-0.4, -0.2) is 99.5 Å². The molecule has 2 heterocycles. The van der Waals surface area contributed by atoms with Crippen molar-refractivity contribution in [3.8, 4) is 0 Å². The van der Waals surface area contributed by atoms with Crippen molar-refractivity contribution < 1.29 is 33.3 Å². The van der Waals surface area contributed by atoms with Gasteiger partial charge in [0, 0.05) is 13.1 Å². The fraction of sp³-hybridized carbons (Fsp3) is 0.609. The number of carbonyl (C=O) groups excluding carboxylic acids is 3. The van der Waals surface area contributed by atoms with E-state index in [-0.39, 0.29) is 11.8 Å². The minimum absolute atomic E-state index is 0.259. The Morgan fingerprint density at radius 3 is 1.56 bits per heavy atom. The zero-order chi connectivity index (χ0) is 22.9. The summed E-state index contributed by atoms with van der Waals surface area (Å²) in [5.74, 6) is -1.42. The molecule has 1 saturated heterocycles. The first-order valence-electron chi connectivity index (χ1n) is 11.1. The average Bonchev–Trinajstić information content (AvgIpc) is 3.02. The number of imide groups is 1. The van der Waals surface area contributed by atoms with Crippen LogP contribution in [0.15, 0.2) is 24.3 Å². The first-order chi connectivity index (χ1) is 15.5. The average molecular weight is 449 g/mol. The second-order valence-electron chi connectivity index (χ2n) is 7.99. The predicted octanol–water partition coefficient (Wildman–Crippen LogP) is 1.22. The SMILES string of the molecule is CC(C)C(C(=O)N1CCOCCOCCOCCOCC1)N1C(=O)c2ccccc2C1=O. The topological polar surface area (TPSA) is 94.6 Å². The van der Waals surface area contributed by atoms with Gasteiger partial charge in [-0.25, -0.2) is 0 Å². The fourth-order valence-corrected chi connectivity index (χ4v) is 3.78. The van der Waals surface area contributed by atoms with Gasteiger partial charge in [-0.1, -0.05) is 26.0 Å². The Morgan fingerprint density at radius 1 is 0.750 bits per heavy atom. The number of amides is 3. The largest absolute Gasteiger partial charge is 0.377 e. The van der Waals surface area contributed by atoms with Gasteiger partial charge in [0.1, 0.15) is 6.04 Å². The van der Waals surface area contributed by atoms with Crippen molar-refractivity contribution in [2.75, 3.05) is 65.9 Å². The van der Waals surface area contributed by atoms with Crippen LogP contribution in [0.5, 0.6) is 0 Å². The second-order valence-corrected chi connectivity index (χ2v) is 7.99. The number of nitrogens with zero attached hydrogens (tertiary/aromatic N) is 2. The quantitative estimate of drug-likeness (QED) is 0.642. The molecule has 3 rings (SSSR count). The monoisotopic (exact) mass is 448 g/mol. The van der Waals surface area contributed by atoms with Crippen molar-refractivity contribution in [1.82, 2.24) is 9.80 Å². The molecule has 0 spiro atoms. The van der Waals surface area contributed by atoms with Gasteiger partial charge in [0.25, 0.3) is 11.8 Å². The highest BCUT2D eigenvalue weighted by Gasteiger charge is 2.45. The molecule has 9 heteroatoms. The Kier molecular flexibility index (Phi) is 9.16. The summed E-state index contributed by atoms with van der Waals surface area (Å²) in [5.41, 5.74) is 0.666. The molecule has 0 saturated carbocycles. The zero-order valence-corrected chi connectivity index (χ0v) is 18.8. The predicted molar refractivity (Wildman–Crippen MR) is 115 cm³/mol. The molecule has 1 atom stereocenters. The molecular weight excluding hydrogens is 416 g/mol. The van der Waals surface area contributed by atoms with E-state index >= 15 is 0 Å². The Bertz CT molecular complexity index is 747. The number of hydrogen-bond acceptors (Lipinski definition) is 7. The van der Waals surface area contributed by atoms with Crippen molar-refractivity contribution in [2.45, 2.75) is 19.9 Å². The van der Waals surface area contributed by atoms with Gasteiger partial charge in [-0.2, -0.15) is 0 Å². The van der Waals surface area contributed by atoms with Crippen molar-refractivity contribution in [3.05, 3.63) is 35.4 Å². The summed E-state index contributed by atoms with van der Waals surface area (Å²) in [6.07, 6.45) is 0. The van der Waals surface area contributed by atoms with Gasteiger partial charge in [-0.3, -0.25) is 19.3 Å². The third-order valence-corrected chi connectivity index (χ3v) is 5.43. The fourth-order valence-electron chi connectivity index (χ4n) is 3.78. The second kappa shape index (κ2) is 12.1. The number of ether oxygens (including phenoxy) is 4. The molecule has 1 unspecified atom stereocenters. The molecule has 32 heavy (non-hydrogen) atoms. The van der Waals surface area contributed by atoms with Crippen LogP contribution in [0.25, 0.3) is 0 Å². The first-order valence-corrected chi connectivity index (χ1v) is 11.1. The van der Waals surface area contributed by atoms with Crippen LogP contribution in [0.3, 0.4) is 0 Å². The van der Waals surface area contributed by atoms with E-state index in [1.54, 1.807) is 29.2 Å². The Labute approximate surface area is 188 Å². The van der Waals surface area contributed by atoms with E-state index in [1.165, 1.54) is 0 Å². The van der Waals surface area contributed by atoms with Crippen LogP contribution in [0.4, 0.5) is 0 Å². The summed E-state index contributed by atoms with van der Waals surface area (Å²) in [4.78, 5) is 42.3. The van der Waals surface area contributed by atoms with E-state index in [4.69, 9.17) is 18.9 Å². The molecular formula is C23H32N2O7. The van der Waals surface area contributed by atoms with Crippen LogP contribution < -0.4 is 0 Å². The zero-order valence-electron chi connectivity index (χ0n) is 18.8. The van der Waals surface area contributed by atoms with Gasteiger partial charge < -0.3 is 23.8 Å². The van der Waals surface area contributed by atoms with Crippen molar-refractivity contribution in [3.63, 3.8) is 0 Å². The van der Waals surface area contributed by atoms with Crippen LogP contribution in [0.2, 0.25) is 0 Å². The van der Waals surface area contributed by atoms with E-state index in [9.17, 15) is 14.4 Å². The van der Waals surface area contributed by atoms with E-state index in [0.717, 1.165) is 4.90 Å². The maximum Gasteiger partial charge on any atom is 0.262 e. The molecule has 0 aliphatic carbocycles. The minimum atomic E-state index is -0.906. The number of carbonyl (C=O) groups is 3. The lowest BCUT2D eigenvalue weighted by molar-refractivity contribution is -0.138. The smallest absolute Gasteiger partial charge is 0.262 e. The Morgan fingerprint density at radius 2 is 1.16 bits per heavy atom. The number of benzene rings is 1. The standard InChI is InChI=1S/C23H32N2O7/c1-17(2)20(25-21(26)18-5-3-4-6-19(18)22(25)27)23(28)24-7-9-29-11-13-31-15-16-32-14-12-30-10-8-24/h3-6,17,20H,7-16H2,1-2H3. The molecule has 0 N–H and O–H groups in total. The summed E-state index contributed by atoms with van der Waals surface area (Å²) >= 11 is 0. The van der Waals surface area contributed by atoms with Gasteiger partial charge in [0.2, 0.25) is 5.91 Å². The van der Waals surface area contributed by atoms with Gasteiger partial charge in [0.05, 0.1) is 64.0 Å². The normalized spacial score (nSPS) is 20.6. The molecule has 2 aliphatic heterocycles. The van der Waals surface area contributed by atoms with Crippen molar-refractivity contribution in [2.24, 2.45) is 5.92 Å². The summed E-state index contributed by atoms with van der Waals surface area (Å²) in [7, 11) is 0. The van der Waals surface area contributed by atoms with Crippen LogP contribution in [0, 0.1) is 5.92 Å². The first kappa shape index (κ1) is 24.3. The number of fused-ring (bicyclic) bond motifs is 1. The molecule has 1 aromatic rings. The minimum Gasteiger partial charge on any atom is -0.377 e. The molecule has 3 amide bonds.